The molecule has 1 aliphatic rings. The predicted octanol–water partition coefficient (Wildman–Crippen LogP) is 2.29. The molecule has 0 aliphatic heterocycles. The number of aryl methyl sites for hydroxylation is 1. The van der Waals surface area contributed by atoms with Gasteiger partial charge in [0.25, 0.3) is 5.91 Å². The molecule has 1 aliphatic carbocycles. The number of carbonyl (C=O) groups is 1. The van der Waals surface area contributed by atoms with Crippen LogP contribution >= 0.6 is 0 Å². The monoisotopic (exact) mass is 346 g/mol. The van der Waals surface area contributed by atoms with Gasteiger partial charge in [0.2, 0.25) is 0 Å². The highest BCUT2D eigenvalue weighted by Gasteiger charge is 2.32. The molecule has 0 aromatic carbocycles. The minimum atomic E-state index is -0.227. The Hall–Kier alpha value is -2.15. The number of hydrogen-bond acceptors (Lipinski definition) is 5. The number of rotatable bonds is 7. The smallest absolute Gasteiger partial charge is 0.273 e. The zero-order valence-electron chi connectivity index (χ0n) is 14.7. The van der Waals surface area contributed by atoms with Crippen LogP contribution in [-0.2, 0) is 6.54 Å². The van der Waals surface area contributed by atoms with E-state index in [1.165, 1.54) is 6.42 Å². The Morgan fingerprint density at radius 3 is 2.88 bits per heavy atom. The summed E-state index contributed by atoms with van der Waals surface area (Å²) in [4.78, 5) is 12.4. The van der Waals surface area contributed by atoms with Crippen LogP contribution < -0.4 is 5.32 Å². The second kappa shape index (κ2) is 7.82. The number of aliphatic hydroxyl groups excluding tert-OH is 1. The molecule has 1 amide bonds. The summed E-state index contributed by atoms with van der Waals surface area (Å²) >= 11 is 0. The molecule has 0 unspecified atom stereocenters. The fraction of sp³-hybridized carbons (Fsp3) is 0.611. The van der Waals surface area contributed by atoms with Crippen LogP contribution in [-0.4, -0.2) is 39.1 Å². The molecule has 2 aromatic heterocycles. The highest BCUT2D eigenvalue weighted by atomic mass is 16.5. The summed E-state index contributed by atoms with van der Waals surface area (Å²) in [7, 11) is 0. The first-order chi connectivity index (χ1) is 12.1. The Labute approximate surface area is 147 Å². The summed E-state index contributed by atoms with van der Waals surface area (Å²) in [5.74, 6) is 0.366. The van der Waals surface area contributed by atoms with Crippen LogP contribution in [0.3, 0.4) is 0 Å². The summed E-state index contributed by atoms with van der Waals surface area (Å²) in [5.41, 5.74) is 1.37. The van der Waals surface area contributed by atoms with Crippen molar-refractivity contribution in [2.45, 2.75) is 52.0 Å². The molecule has 7 nitrogen and oxygen atoms in total. The van der Waals surface area contributed by atoms with Crippen molar-refractivity contribution in [3.8, 4) is 0 Å². The molecule has 0 spiro atoms. The summed E-state index contributed by atoms with van der Waals surface area (Å²) in [6, 6.07) is 1.66. The molecule has 3 rings (SSSR count). The van der Waals surface area contributed by atoms with Gasteiger partial charge >= 0.3 is 0 Å². The van der Waals surface area contributed by atoms with Gasteiger partial charge in [-0.25, -0.2) is 0 Å². The maximum Gasteiger partial charge on any atom is 0.273 e. The van der Waals surface area contributed by atoms with Gasteiger partial charge in [0.1, 0.15) is 6.54 Å². The number of carbonyl (C=O) groups excluding carboxylic acids is 1. The fourth-order valence-corrected chi connectivity index (χ4v) is 3.62. The molecule has 136 valence electrons. The van der Waals surface area contributed by atoms with Gasteiger partial charge in [-0.1, -0.05) is 24.4 Å². The lowest BCUT2D eigenvalue weighted by atomic mass is 9.72. The molecule has 1 fully saturated rings. The summed E-state index contributed by atoms with van der Waals surface area (Å²) in [5, 5.41) is 20.4. The van der Waals surface area contributed by atoms with Crippen molar-refractivity contribution < 1.29 is 14.4 Å². The second-order valence-electron chi connectivity index (χ2n) is 7.11. The van der Waals surface area contributed by atoms with Crippen molar-refractivity contribution in [2.75, 3.05) is 13.2 Å². The Morgan fingerprint density at radius 2 is 2.20 bits per heavy atom. The van der Waals surface area contributed by atoms with E-state index in [0.29, 0.717) is 18.8 Å². The number of aliphatic hydroxyl groups is 1. The number of amides is 1. The third kappa shape index (κ3) is 4.48. The van der Waals surface area contributed by atoms with E-state index in [1.807, 2.05) is 13.1 Å². The highest BCUT2D eigenvalue weighted by Crippen LogP contribution is 2.38. The largest absolute Gasteiger partial charge is 0.396 e. The molecule has 0 bridgehead atoms. The lowest BCUT2D eigenvalue weighted by Gasteiger charge is -2.37. The molecule has 1 saturated carbocycles. The van der Waals surface area contributed by atoms with Gasteiger partial charge in [-0.3, -0.25) is 9.48 Å². The topological polar surface area (TPSA) is 93.2 Å². The van der Waals surface area contributed by atoms with Crippen molar-refractivity contribution in [1.29, 1.82) is 0 Å². The van der Waals surface area contributed by atoms with Gasteiger partial charge in [-0.2, -0.15) is 5.10 Å². The van der Waals surface area contributed by atoms with Crippen LogP contribution in [0.4, 0.5) is 0 Å². The van der Waals surface area contributed by atoms with Crippen LogP contribution in [0.2, 0.25) is 0 Å². The molecule has 25 heavy (non-hydrogen) atoms. The van der Waals surface area contributed by atoms with E-state index in [-0.39, 0.29) is 23.6 Å². The van der Waals surface area contributed by atoms with E-state index in [4.69, 9.17) is 4.52 Å². The predicted molar refractivity (Wildman–Crippen MR) is 92.1 cm³/mol. The van der Waals surface area contributed by atoms with E-state index in [1.54, 1.807) is 16.9 Å². The maximum atomic E-state index is 12.4. The Bertz CT molecular complexity index is 695. The minimum absolute atomic E-state index is 0.0157. The van der Waals surface area contributed by atoms with E-state index in [0.717, 1.165) is 37.7 Å². The van der Waals surface area contributed by atoms with Gasteiger partial charge in [0, 0.05) is 25.4 Å². The van der Waals surface area contributed by atoms with E-state index in [2.05, 4.69) is 15.6 Å². The first kappa shape index (κ1) is 17.7. The molecule has 2 N–H and O–H groups in total. The third-order valence-electron chi connectivity index (χ3n) is 5.05. The van der Waals surface area contributed by atoms with E-state index >= 15 is 0 Å². The number of hydrogen-bond donors (Lipinski definition) is 2. The van der Waals surface area contributed by atoms with Crippen LogP contribution in [0.5, 0.6) is 0 Å². The molecule has 2 heterocycles. The van der Waals surface area contributed by atoms with Crippen molar-refractivity contribution in [1.82, 2.24) is 20.3 Å². The highest BCUT2D eigenvalue weighted by molar-refractivity contribution is 5.92. The second-order valence-corrected chi connectivity index (χ2v) is 7.11. The normalized spacial score (nSPS) is 16.7. The molecular weight excluding hydrogens is 320 g/mol. The molecule has 0 radical (unpaired) electrons. The molecule has 0 atom stereocenters. The maximum absolute atomic E-state index is 12.4. The average Bonchev–Trinajstić information content (AvgIpc) is 3.23. The van der Waals surface area contributed by atoms with E-state index < -0.39 is 0 Å². The van der Waals surface area contributed by atoms with Crippen molar-refractivity contribution >= 4 is 5.91 Å². The first-order valence-electron chi connectivity index (χ1n) is 8.94. The first-order valence-corrected chi connectivity index (χ1v) is 8.94. The lowest BCUT2D eigenvalue weighted by Crippen LogP contribution is -2.39. The van der Waals surface area contributed by atoms with E-state index in [9.17, 15) is 9.90 Å². The molecule has 2 aromatic rings. The zero-order chi connectivity index (χ0) is 17.7. The Balaban J connectivity index is 1.57. The summed E-state index contributed by atoms with van der Waals surface area (Å²) < 4.78 is 7.00. The van der Waals surface area contributed by atoms with Crippen LogP contribution in [0.1, 0.15) is 60.3 Å². The van der Waals surface area contributed by atoms with Gasteiger partial charge in [0.05, 0.1) is 6.20 Å². The molecule has 0 saturated heterocycles. The van der Waals surface area contributed by atoms with Gasteiger partial charge in [-0.15, -0.1) is 0 Å². The van der Waals surface area contributed by atoms with Crippen LogP contribution in [0.15, 0.2) is 23.0 Å². The van der Waals surface area contributed by atoms with Crippen LogP contribution in [0.25, 0.3) is 0 Å². The third-order valence-corrected chi connectivity index (χ3v) is 5.05. The number of nitrogens with one attached hydrogen (secondary N) is 1. The van der Waals surface area contributed by atoms with Gasteiger partial charge in [0.15, 0.2) is 11.5 Å². The lowest BCUT2D eigenvalue weighted by molar-refractivity contribution is 0.0860. The number of nitrogens with zero attached hydrogens (tertiary/aromatic N) is 3. The minimum Gasteiger partial charge on any atom is -0.396 e. The standard InChI is InChI=1S/C18H26N4O3/c1-14-10-20-22(11-14)12-15-9-16(21-25-15)17(24)19-13-18(7-8-23)5-3-2-4-6-18/h9-11,23H,2-8,12-13H2,1H3,(H,19,24). The average molecular weight is 346 g/mol. The molecular formula is C18H26N4O3. The zero-order valence-corrected chi connectivity index (χ0v) is 14.7. The van der Waals surface area contributed by atoms with Gasteiger partial charge in [-0.05, 0) is 37.2 Å². The molecule has 7 heteroatoms. The quantitative estimate of drug-likeness (QED) is 0.802. The Morgan fingerprint density at radius 1 is 1.40 bits per heavy atom. The van der Waals surface area contributed by atoms with Crippen LogP contribution in [0, 0.1) is 12.3 Å². The number of aromatic nitrogens is 3. The van der Waals surface area contributed by atoms with Gasteiger partial charge < -0.3 is 14.9 Å². The summed E-state index contributed by atoms with van der Waals surface area (Å²) in [6.07, 6.45) is 10.1. The Kier molecular flexibility index (Phi) is 5.53. The van der Waals surface area contributed by atoms with Crippen molar-refractivity contribution in [2.24, 2.45) is 5.41 Å². The van der Waals surface area contributed by atoms with Crippen molar-refractivity contribution in [3.63, 3.8) is 0 Å². The SMILES string of the molecule is Cc1cnn(Cc2cc(C(=O)NCC3(CCO)CCCCC3)no2)c1. The fourth-order valence-electron chi connectivity index (χ4n) is 3.62. The van der Waals surface area contributed by atoms with Crippen molar-refractivity contribution in [3.05, 3.63) is 35.5 Å². The summed E-state index contributed by atoms with van der Waals surface area (Å²) in [6.45, 7) is 3.15.